The Hall–Kier alpha value is -3.27. The molecule has 0 unspecified atom stereocenters. The Morgan fingerprint density at radius 1 is 0.889 bits per heavy atom. The van der Waals surface area contributed by atoms with Gasteiger partial charge in [-0.2, -0.15) is 0 Å². The van der Waals surface area contributed by atoms with Crippen LogP contribution >= 0.6 is 0 Å². The number of para-hydroxylation sites is 1. The molecule has 3 aromatic carbocycles. The molecule has 1 N–H and O–H groups in total. The van der Waals surface area contributed by atoms with Crippen molar-refractivity contribution in [2.75, 3.05) is 19.5 Å². The highest BCUT2D eigenvalue weighted by atomic mass is 16.5. The molecule has 0 aliphatic heterocycles. The SMILES string of the molecule is COc1cc(C(=O)Nc2ccccc2Cc2ccccc2)cc(OC)c1C. The number of ether oxygens (including phenoxy) is 2. The summed E-state index contributed by atoms with van der Waals surface area (Å²) in [4.78, 5) is 12.8. The molecule has 0 saturated carbocycles. The van der Waals surface area contributed by atoms with E-state index in [1.807, 2.05) is 49.4 Å². The number of carbonyl (C=O) groups is 1. The summed E-state index contributed by atoms with van der Waals surface area (Å²) in [7, 11) is 3.16. The van der Waals surface area contributed by atoms with E-state index in [1.54, 1.807) is 26.4 Å². The van der Waals surface area contributed by atoms with Gasteiger partial charge in [0, 0.05) is 16.8 Å². The Labute approximate surface area is 159 Å². The summed E-state index contributed by atoms with van der Waals surface area (Å²) in [5.41, 5.74) is 4.40. The Kier molecular flexibility index (Phi) is 5.77. The van der Waals surface area contributed by atoms with E-state index in [-0.39, 0.29) is 5.91 Å². The third kappa shape index (κ3) is 4.29. The van der Waals surface area contributed by atoms with E-state index in [9.17, 15) is 4.79 Å². The molecule has 0 fully saturated rings. The fourth-order valence-electron chi connectivity index (χ4n) is 3.02. The Morgan fingerprint density at radius 2 is 1.48 bits per heavy atom. The predicted molar refractivity (Wildman–Crippen MR) is 108 cm³/mol. The van der Waals surface area contributed by atoms with Crippen molar-refractivity contribution in [2.45, 2.75) is 13.3 Å². The Bertz CT molecular complexity index is 910. The smallest absolute Gasteiger partial charge is 0.255 e. The molecule has 3 rings (SSSR count). The standard InChI is InChI=1S/C23H23NO3/c1-16-21(26-2)14-19(15-22(16)27-3)23(25)24-20-12-8-7-11-18(20)13-17-9-5-4-6-10-17/h4-12,14-15H,13H2,1-3H3,(H,24,25). The molecule has 0 aromatic heterocycles. The molecule has 3 aromatic rings. The fourth-order valence-corrected chi connectivity index (χ4v) is 3.02. The highest BCUT2D eigenvalue weighted by molar-refractivity contribution is 6.05. The lowest BCUT2D eigenvalue weighted by atomic mass is 10.0. The second-order valence-corrected chi connectivity index (χ2v) is 6.28. The lowest BCUT2D eigenvalue weighted by Gasteiger charge is -2.14. The third-order valence-corrected chi connectivity index (χ3v) is 4.52. The molecule has 0 spiro atoms. The first-order valence-corrected chi connectivity index (χ1v) is 8.78. The van der Waals surface area contributed by atoms with Crippen molar-refractivity contribution in [3.05, 3.63) is 89.0 Å². The zero-order chi connectivity index (χ0) is 19.2. The minimum Gasteiger partial charge on any atom is -0.496 e. The van der Waals surface area contributed by atoms with Gasteiger partial charge in [0.25, 0.3) is 5.91 Å². The van der Waals surface area contributed by atoms with Gasteiger partial charge in [-0.25, -0.2) is 0 Å². The van der Waals surface area contributed by atoms with E-state index >= 15 is 0 Å². The average Bonchev–Trinajstić information content (AvgIpc) is 2.70. The van der Waals surface area contributed by atoms with Crippen molar-refractivity contribution < 1.29 is 14.3 Å². The van der Waals surface area contributed by atoms with Crippen LogP contribution in [0.2, 0.25) is 0 Å². The van der Waals surface area contributed by atoms with Gasteiger partial charge in [-0.15, -0.1) is 0 Å². The van der Waals surface area contributed by atoms with Gasteiger partial charge in [0.15, 0.2) is 0 Å². The first kappa shape index (κ1) is 18.5. The summed E-state index contributed by atoms with van der Waals surface area (Å²) in [5.74, 6) is 1.04. The minimum absolute atomic E-state index is 0.202. The van der Waals surface area contributed by atoms with Crippen LogP contribution in [-0.2, 0) is 6.42 Å². The summed E-state index contributed by atoms with van der Waals surface area (Å²) in [5, 5.41) is 3.02. The van der Waals surface area contributed by atoms with Crippen LogP contribution < -0.4 is 14.8 Å². The van der Waals surface area contributed by atoms with E-state index in [1.165, 1.54) is 5.56 Å². The van der Waals surface area contributed by atoms with Crippen molar-refractivity contribution in [2.24, 2.45) is 0 Å². The van der Waals surface area contributed by atoms with Crippen LogP contribution in [0.5, 0.6) is 11.5 Å². The van der Waals surface area contributed by atoms with Crippen LogP contribution in [0.4, 0.5) is 5.69 Å². The Balaban J connectivity index is 1.87. The van der Waals surface area contributed by atoms with Crippen LogP contribution in [0.3, 0.4) is 0 Å². The second-order valence-electron chi connectivity index (χ2n) is 6.28. The predicted octanol–water partition coefficient (Wildman–Crippen LogP) is 4.86. The van der Waals surface area contributed by atoms with Crippen LogP contribution in [0.1, 0.15) is 27.0 Å². The van der Waals surface area contributed by atoms with Gasteiger partial charge in [-0.1, -0.05) is 48.5 Å². The van der Waals surface area contributed by atoms with Gasteiger partial charge in [-0.05, 0) is 42.7 Å². The highest BCUT2D eigenvalue weighted by Gasteiger charge is 2.15. The zero-order valence-electron chi connectivity index (χ0n) is 15.8. The van der Waals surface area contributed by atoms with E-state index in [0.717, 1.165) is 23.2 Å². The summed E-state index contributed by atoms with van der Waals surface area (Å²) in [6, 6.07) is 21.5. The summed E-state index contributed by atoms with van der Waals surface area (Å²) < 4.78 is 10.7. The molecule has 138 valence electrons. The molecular weight excluding hydrogens is 338 g/mol. The van der Waals surface area contributed by atoms with Gasteiger partial charge in [-0.3, -0.25) is 4.79 Å². The number of amides is 1. The molecule has 4 heteroatoms. The number of nitrogens with one attached hydrogen (secondary N) is 1. The van der Waals surface area contributed by atoms with E-state index in [4.69, 9.17) is 9.47 Å². The quantitative estimate of drug-likeness (QED) is 0.682. The third-order valence-electron chi connectivity index (χ3n) is 4.52. The average molecular weight is 361 g/mol. The first-order valence-electron chi connectivity index (χ1n) is 8.78. The van der Waals surface area contributed by atoms with Crippen LogP contribution in [-0.4, -0.2) is 20.1 Å². The molecule has 0 heterocycles. The summed E-state index contributed by atoms with van der Waals surface area (Å²) in [6.45, 7) is 1.90. The first-order chi connectivity index (χ1) is 13.1. The largest absolute Gasteiger partial charge is 0.496 e. The number of anilines is 1. The maximum absolute atomic E-state index is 12.8. The van der Waals surface area contributed by atoms with Gasteiger partial charge in [0.05, 0.1) is 14.2 Å². The van der Waals surface area contributed by atoms with Gasteiger partial charge >= 0.3 is 0 Å². The molecule has 0 radical (unpaired) electrons. The number of carbonyl (C=O) groups excluding carboxylic acids is 1. The molecular formula is C23H23NO3. The molecule has 0 atom stereocenters. The second kappa shape index (κ2) is 8.41. The van der Waals surface area contributed by atoms with Crippen molar-refractivity contribution in [1.29, 1.82) is 0 Å². The van der Waals surface area contributed by atoms with Gasteiger partial charge in [0.2, 0.25) is 0 Å². The molecule has 0 aliphatic rings. The maximum atomic E-state index is 12.8. The van der Waals surface area contributed by atoms with Gasteiger partial charge < -0.3 is 14.8 Å². The molecule has 0 aliphatic carbocycles. The number of rotatable bonds is 6. The summed E-state index contributed by atoms with van der Waals surface area (Å²) in [6.07, 6.45) is 0.748. The highest BCUT2D eigenvalue weighted by Crippen LogP contribution is 2.30. The lowest BCUT2D eigenvalue weighted by Crippen LogP contribution is -2.14. The fraction of sp³-hybridized carbons (Fsp3) is 0.174. The van der Waals surface area contributed by atoms with Crippen LogP contribution in [0.15, 0.2) is 66.7 Å². The van der Waals surface area contributed by atoms with E-state index < -0.39 is 0 Å². The van der Waals surface area contributed by atoms with Crippen molar-refractivity contribution in [3.8, 4) is 11.5 Å². The monoisotopic (exact) mass is 361 g/mol. The maximum Gasteiger partial charge on any atom is 0.255 e. The molecule has 0 bridgehead atoms. The topological polar surface area (TPSA) is 47.6 Å². The van der Waals surface area contributed by atoms with E-state index in [0.29, 0.717) is 17.1 Å². The minimum atomic E-state index is -0.202. The number of methoxy groups -OCH3 is 2. The number of hydrogen-bond acceptors (Lipinski definition) is 3. The Morgan fingerprint density at radius 3 is 2.11 bits per heavy atom. The van der Waals surface area contributed by atoms with Crippen LogP contribution in [0.25, 0.3) is 0 Å². The summed E-state index contributed by atoms with van der Waals surface area (Å²) >= 11 is 0. The van der Waals surface area contributed by atoms with Crippen LogP contribution in [0, 0.1) is 6.92 Å². The van der Waals surface area contributed by atoms with Crippen molar-refractivity contribution >= 4 is 11.6 Å². The number of benzene rings is 3. The van der Waals surface area contributed by atoms with Crippen molar-refractivity contribution in [3.63, 3.8) is 0 Å². The van der Waals surface area contributed by atoms with Gasteiger partial charge in [0.1, 0.15) is 11.5 Å². The molecule has 1 amide bonds. The lowest BCUT2D eigenvalue weighted by molar-refractivity contribution is 0.102. The zero-order valence-corrected chi connectivity index (χ0v) is 15.8. The number of hydrogen-bond donors (Lipinski definition) is 1. The molecule has 27 heavy (non-hydrogen) atoms. The molecule has 0 saturated heterocycles. The van der Waals surface area contributed by atoms with E-state index in [2.05, 4.69) is 17.4 Å². The normalized spacial score (nSPS) is 10.3. The van der Waals surface area contributed by atoms with Crippen molar-refractivity contribution in [1.82, 2.24) is 0 Å². The molecule has 4 nitrogen and oxygen atoms in total.